The molecule has 1 unspecified atom stereocenters. The highest BCUT2D eigenvalue weighted by Gasteiger charge is 2.32. The molecule has 1 atom stereocenters. The Morgan fingerprint density at radius 3 is 2.36 bits per heavy atom. The molecule has 1 saturated heterocycles. The Kier molecular flexibility index (Phi) is 11.3. The quantitative estimate of drug-likeness (QED) is 0.373. The van der Waals surface area contributed by atoms with Crippen LogP contribution in [0, 0.1) is 5.92 Å². The van der Waals surface area contributed by atoms with E-state index in [9.17, 15) is 22.8 Å². The van der Waals surface area contributed by atoms with Crippen molar-refractivity contribution in [3.05, 3.63) is 63.1 Å². The van der Waals surface area contributed by atoms with Gasteiger partial charge in [-0.25, -0.2) is 0 Å². The number of carbonyl (C=O) groups is 2. The zero-order chi connectivity index (χ0) is 28.6. The van der Waals surface area contributed by atoms with Crippen molar-refractivity contribution in [2.75, 3.05) is 44.2 Å². The minimum atomic E-state index is -4.44. The molecule has 0 bridgehead atoms. The van der Waals surface area contributed by atoms with E-state index in [2.05, 4.69) is 5.32 Å². The normalized spacial score (nSPS) is 14.8. The average molecular weight is 588 g/mol. The highest BCUT2D eigenvalue weighted by molar-refractivity contribution is 6.35. The number of anilines is 1. The number of nitrogens with two attached hydrogens (primary N) is 1. The number of halogens is 5. The van der Waals surface area contributed by atoms with Gasteiger partial charge in [0.1, 0.15) is 0 Å². The lowest BCUT2D eigenvalue weighted by atomic mass is 9.97. The average Bonchev–Trinajstić information content (AvgIpc) is 2.89. The Morgan fingerprint density at radius 2 is 1.72 bits per heavy atom. The Bertz CT molecular complexity index is 1140. The van der Waals surface area contributed by atoms with Crippen LogP contribution in [0.15, 0.2) is 36.4 Å². The lowest BCUT2D eigenvalue weighted by Gasteiger charge is -2.37. The fourth-order valence-electron chi connectivity index (χ4n) is 4.60. The number of nitrogens with zero attached hydrogens (tertiary/aromatic N) is 2. The molecule has 214 valence electrons. The molecule has 1 fully saturated rings. The second-order valence-electron chi connectivity index (χ2n) is 9.93. The lowest BCUT2D eigenvalue weighted by molar-refractivity contribution is -0.137. The van der Waals surface area contributed by atoms with E-state index in [-0.39, 0.29) is 30.7 Å². The molecule has 11 heteroatoms. The molecule has 2 amide bonds. The molecule has 0 aromatic heterocycles. The van der Waals surface area contributed by atoms with Crippen LogP contribution in [-0.4, -0.2) is 56.0 Å². The first kappa shape index (κ1) is 31.0. The van der Waals surface area contributed by atoms with Gasteiger partial charge in [-0.15, -0.1) is 0 Å². The monoisotopic (exact) mass is 586 g/mol. The first-order chi connectivity index (χ1) is 18.5. The lowest BCUT2D eigenvalue weighted by Crippen LogP contribution is -2.49. The first-order valence-corrected chi connectivity index (χ1v) is 13.9. The maximum Gasteiger partial charge on any atom is 0.416 e. The summed E-state index contributed by atoms with van der Waals surface area (Å²) in [5.74, 6) is -0.0377. The molecule has 1 aliphatic rings. The van der Waals surface area contributed by atoms with Gasteiger partial charge < -0.3 is 20.9 Å². The van der Waals surface area contributed by atoms with Crippen molar-refractivity contribution < 1.29 is 22.8 Å². The van der Waals surface area contributed by atoms with E-state index in [1.807, 2.05) is 17.9 Å². The van der Waals surface area contributed by atoms with E-state index < -0.39 is 11.7 Å². The number of benzene rings is 2. The number of hydrogen-bond donors (Lipinski definition) is 2. The van der Waals surface area contributed by atoms with Crippen molar-refractivity contribution in [2.45, 2.75) is 45.2 Å². The molecule has 0 saturated carbocycles. The molecule has 0 aliphatic carbocycles. The van der Waals surface area contributed by atoms with Crippen LogP contribution in [0.5, 0.6) is 0 Å². The topological polar surface area (TPSA) is 78.7 Å². The minimum Gasteiger partial charge on any atom is -0.368 e. The number of hydrogen-bond acceptors (Lipinski definition) is 4. The zero-order valence-electron chi connectivity index (χ0n) is 22.0. The van der Waals surface area contributed by atoms with Gasteiger partial charge in [0, 0.05) is 67.8 Å². The standard InChI is InChI=1S/C28H35Cl2F3N4O2/c1-19(18-35-26(38)10-11-34)2-3-21-16-22(28(31,32)33)6-8-25(21)36-12-14-37(15-13-36)27(39)9-5-20-4-7-23(29)17-24(20)30/h4,6-8,16-17,19H,2-3,5,9-15,18,34H2,1H3,(H,35,38). The summed E-state index contributed by atoms with van der Waals surface area (Å²) in [5, 5.41) is 3.88. The van der Waals surface area contributed by atoms with Crippen molar-refractivity contribution >= 4 is 40.7 Å². The second kappa shape index (κ2) is 14.2. The highest BCUT2D eigenvalue weighted by Crippen LogP contribution is 2.34. The van der Waals surface area contributed by atoms with Crippen LogP contribution >= 0.6 is 23.2 Å². The summed E-state index contributed by atoms with van der Waals surface area (Å²) in [5.41, 5.74) is 6.94. The van der Waals surface area contributed by atoms with Crippen molar-refractivity contribution in [1.82, 2.24) is 10.2 Å². The van der Waals surface area contributed by atoms with E-state index in [4.69, 9.17) is 28.9 Å². The van der Waals surface area contributed by atoms with E-state index in [1.54, 1.807) is 17.0 Å². The van der Waals surface area contributed by atoms with Gasteiger partial charge in [-0.2, -0.15) is 13.2 Å². The van der Waals surface area contributed by atoms with Crippen LogP contribution in [0.4, 0.5) is 18.9 Å². The van der Waals surface area contributed by atoms with Crippen LogP contribution in [0.2, 0.25) is 10.0 Å². The Hall–Kier alpha value is -2.49. The van der Waals surface area contributed by atoms with Gasteiger partial charge in [-0.05, 0) is 66.6 Å². The SMILES string of the molecule is CC(CCc1cc(C(F)(F)F)ccc1N1CCN(C(=O)CCc2ccc(Cl)cc2Cl)CC1)CNC(=O)CCN. The third-order valence-electron chi connectivity index (χ3n) is 6.93. The van der Waals surface area contributed by atoms with Gasteiger partial charge in [-0.1, -0.05) is 36.2 Å². The highest BCUT2D eigenvalue weighted by atomic mass is 35.5. The van der Waals surface area contributed by atoms with E-state index in [1.165, 1.54) is 12.1 Å². The molecule has 0 spiro atoms. The smallest absolute Gasteiger partial charge is 0.368 e. The van der Waals surface area contributed by atoms with Crippen LogP contribution in [0.1, 0.15) is 42.9 Å². The molecular formula is C28H35Cl2F3N4O2. The number of alkyl halides is 3. The van der Waals surface area contributed by atoms with Crippen LogP contribution < -0.4 is 16.0 Å². The van der Waals surface area contributed by atoms with Gasteiger partial charge in [0.15, 0.2) is 0 Å². The van der Waals surface area contributed by atoms with Crippen molar-refractivity contribution in [1.29, 1.82) is 0 Å². The molecule has 3 rings (SSSR count). The number of rotatable bonds is 11. The summed E-state index contributed by atoms with van der Waals surface area (Å²) >= 11 is 12.2. The Labute approximate surface area is 237 Å². The molecule has 1 heterocycles. The second-order valence-corrected chi connectivity index (χ2v) is 10.8. The maximum atomic E-state index is 13.5. The third kappa shape index (κ3) is 9.29. The van der Waals surface area contributed by atoms with Gasteiger partial charge >= 0.3 is 6.18 Å². The van der Waals surface area contributed by atoms with Gasteiger partial charge in [0.05, 0.1) is 5.56 Å². The summed E-state index contributed by atoms with van der Waals surface area (Å²) in [6.07, 6.45) is -2.33. The van der Waals surface area contributed by atoms with Gasteiger partial charge in [-0.3, -0.25) is 9.59 Å². The molecule has 39 heavy (non-hydrogen) atoms. The zero-order valence-corrected chi connectivity index (χ0v) is 23.5. The van der Waals surface area contributed by atoms with Crippen molar-refractivity contribution in [3.8, 4) is 0 Å². The molecule has 3 N–H and O–H groups in total. The molecule has 2 aromatic carbocycles. The summed E-state index contributed by atoms with van der Waals surface area (Å²) in [7, 11) is 0. The minimum absolute atomic E-state index is 0.0128. The van der Waals surface area contributed by atoms with Crippen molar-refractivity contribution in [2.24, 2.45) is 11.7 Å². The van der Waals surface area contributed by atoms with E-state index in [0.717, 1.165) is 17.3 Å². The largest absolute Gasteiger partial charge is 0.416 e. The number of piperazine rings is 1. The van der Waals surface area contributed by atoms with Gasteiger partial charge in [0.25, 0.3) is 0 Å². The summed E-state index contributed by atoms with van der Waals surface area (Å²) in [4.78, 5) is 28.3. The third-order valence-corrected chi connectivity index (χ3v) is 7.52. The fourth-order valence-corrected chi connectivity index (χ4v) is 5.11. The van der Waals surface area contributed by atoms with Gasteiger partial charge in [0.2, 0.25) is 11.8 Å². The fraction of sp³-hybridized carbons (Fsp3) is 0.500. The molecular weight excluding hydrogens is 552 g/mol. The molecule has 6 nitrogen and oxygen atoms in total. The summed E-state index contributed by atoms with van der Waals surface area (Å²) in [6.45, 7) is 4.68. The predicted molar refractivity (Wildman–Crippen MR) is 149 cm³/mol. The van der Waals surface area contributed by atoms with Crippen LogP contribution in [-0.2, 0) is 28.6 Å². The molecule has 1 aliphatic heterocycles. The number of aryl methyl sites for hydroxylation is 2. The number of nitrogens with one attached hydrogen (secondary N) is 1. The van der Waals surface area contributed by atoms with Crippen LogP contribution in [0.25, 0.3) is 0 Å². The van der Waals surface area contributed by atoms with Crippen molar-refractivity contribution in [3.63, 3.8) is 0 Å². The predicted octanol–water partition coefficient (Wildman–Crippen LogP) is 5.33. The maximum absolute atomic E-state index is 13.5. The number of amides is 2. The Morgan fingerprint density at radius 1 is 1.00 bits per heavy atom. The molecule has 0 radical (unpaired) electrons. The van der Waals surface area contributed by atoms with E-state index >= 15 is 0 Å². The summed E-state index contributed by atoms with van der Waals surface area (Å²) in [6, 6.07) is 9.09. The molecule has 2 aromatic rings. The Balaban J connectivity index is 1.61. The number of carbonyl (C=O) groups excluding carboxylic acids is 2. The van der Waals surface area contributed by atoms with E-state index in [0.29, 0.717) is 74.0 Å². The summed E-state index contributed by atoms with van der Waals surface area (Å²) < 4.78 is 40.4. The van der Waals surface area contributed by atoms with Crippen LogP contribution in [0.3, 0.4) is 0 Å². The first-order valence-electron chi connectivity index (χ1n) is 13.1.